The van der Waals surface area contributed by atoms with Crippen LogP contribution in [-0.4, -0.2) is 30.3 Å². The molecule has 1 heterocycles. The van der Waals surface area contributed by atoms with E-state index in [1.165, 1.54) is 0 Å². The van der Waals surface area contributed by atoms with Crippen LogP contribution in [0.4, 0.5) is 11.4 Å². The third-order valence-corrected chi connectivity index (χ3v) is 3.59. The lowest BCUT2D eigenvalue weighted by Crippen LogP contribution is -2.24. The molecule has 0 bridgehead atoms. The Kier molecular flexibility index (Phi) is 4.65. The third-order valence-electron chi connectivity index (χ3n) is 3.17. The molecule has 1 atom stereocenters. The fourth-order valence-corrected chi connectivity index (χ4v) is 2.24. The molecule has 1 aromatic rings. The largest absolute Gasteiger partial charge is 0.494 e. The highest BCUT2D eigenvalue weighted by Crippen LogP contribution is 2.33. The fraction of sp³-hybridized carbons (Fsp3) is 0.429. The summed E-state index contributed by atoms with van der Waals surface area (Å²) in [6.07, 6.45) is 1.43. The molecular weight excluding hydrogens is 324 g/mol. The number of rotatable bonds is 4. The van der Waals surface area contributed by atoms with Crippen LogP contribution in [-0.2, 0) is 9.59 Å². The van der Waals surface area contributed by atoms with Gasteiger partial charge in [0, 0.05) is 24.7 Å². The van der Waals surface area contributed by atoms with Gasteiger partial charge in [-0.2, -0.15) is 0 Å². The van der Waals surface area contributed by atoms with Gasteiger partial charge in [-0.3, -0.25) is 9.59 Å². The summed E-state index contributed by atoms with van der Waals surface area (Å²) in [4.78, 5) is 24.9. The first-order chi connectivity index (χ1) is 9.52. The summed E-state index contributed by atoms with van der Waals surface area (Å²) in [6, 6.07) is 5.31. The van der Waals surface area contributed by atoms with E-state index in [-0.39, 0.29) is 16.6 Å². The van der Waals surface area contributed by atoms with E-state index < -0.39 is 0 Å². The van der Waals surface area contributed by atoms with Gasteiger partial charge in [0.25, 0.3) is 0 Å². The van der Waals surface area contributed by atoms with Crippen LogP contribution in [0.15, 0.2) is 18.2 Å². The highest BCUT2D eigenvalue weighted by Gasteiger charge is 2.24. The van der Waals surface area contributed by atoms with Crippen LogP contribution >= 0.6 is 15.9 Å². The first kappa shape index (κ1) is 14.8. The van der Waals surface area contributed by atoms with Crippen LogP contribution in [0.2, 0.25) is 0 Å². The Morgan fingerprint density at radius 1 is 1.50 bits per heavy atom. The van der Waals surface area contributed by atoms with Gasteiger partial charge in [0.2, 0.25) is 11.8 Å². The molecule has 2 rings (SSSR count). The Hall–Kier alpha value is -1.56. The highest BCUT2D eigenvalue weighted by molar-refractivity contribution is 9.10. The van der Waals surface area contributed by atoms with Gasteiger partial charge in [0.1, 0.15) is 5.75 Å². The van der Waals surface area contributed by atoms with Crippen molar-refractivity contribution in [2.24, 2.45) is 0 Å². The van der Waals surface area contributed by atoms with Crippen molar-refractivity contribution in [1.82, 2.24) is 0 Å². The number of hydrogen-bond acceptors (Lipinski definition) is 3. The summed E-state index contributed by atoms with van der Waals surface area (Å²) in [5, 5.41) is 2.78. The zero-order valence-electron chi connectivity index (χ0n) is 11.5. The fourth-order valence-electron chi connectivity index (χ4n) is 2.12. The molecule has 1 aromatic carbocycles. The number of nitrogens with one attached hydrogen (secondary N) is 1. The van der Waals surface area contributed by atoms with Crippen LogP contribution in [0.3, 0.4) is 0 Å². The second kappa shape index (κ2) is 6.26. The predicted octanol–water partition coefficient (Wildman–Crippen LogP) is 2.54. The molecule has 1 unspecified atom stereocenters. The number of benzene rings is 1. The molecule has 1 aliphatic heterocycles. The maximum atomic E-state index is 11.8. The van der Waals surface area contributed by atoms with E-state index in [0.29, 0.717) is 24.4 Å². The van der Waals surface area contributed by atoms with E-state index in [2.05, 4.69) is 21.2 Å². The van der Waals surface area contributed by atoms with Gasteiger partial charge in [0.05, 0.1) is 17.6 Å². The Bertz CT molecular complexity index is 531. The van der Waals surface area contributed by atoms with E-state index in [9.17, 15) is 9.59 Å². The minimum Gasteiger partial charge on any atom is -0.494 e. The number of methoxy groups -OCH3 is 1. The Labute approximate surface area is 126 Å². The molecule has 0 saturated carbocycles. The minimum atomic E-state index is -0.270. The van der Waals surface area contributed by atoms with Crippen LogP contribution < -0.4 is 15.0 Å². The highest BCUT2D eigenvalue weighted by atomic mass is 79.9. The molecule has 2 amide bonds. The maximum absolute atomic E-state index is 11.8. The summed E-state index contributed by atoms with van der Waals surface area (Å²) in [5.74, 6) is 0.562. The zero-order chi connectivity index (χ0) is 14.7. The molecule has 1 N–H and O–H groups in total. The summed E-state index contributed by atoms with van der Waals surface area (Å²) >= 11 is 3.21. The van der Waals surface area contributed by atoms with E-state index >= 15 is 0 Å². The molecule has 0 aromatic heterocycles. The molecule has 0 aliphatic carbocycles. The summed E-state index contributed by atoms with van der Waals surface area (Å²) in [5.41, 5.74) is 1.40. The van der Waals surface area contributed by atoms with Crippen molar-refractivity contribution in [3.05, 3.63) is 18.2 Å². The number of alkyl halides is 1. The summed E-state index contributed by atoms with van der Waals surface area (Å²) in [6.45, 7) is 2.46. The minimum absolute atomic E-state index is 0.106. The number of carbonyl (C=O) groups excluding carboxylic acids is 2. The predicted molar refractivity (Wildman–Crippen MR) is 81.6 cm³/mol. The van der Waals surface area contributed by atoms with Gasteiger partial charge in [-0.15, -0.1) is 0 Å². The van der Waals surface area contributed by atoms with Gasteiger partial charge in [-0.25, -0.2) is 0 Å². The van der Waals surface area contributed by atoms with Gasteiger partial charge in [-0.1, -0.05) is 15.9 Å². The van der Waals surface area contributed by atoms with Crippen LogP contribution in [0.25, 0.3) is 0 Å². The standard InChI is InChI=1S/C14H17BrN2O3/c1-9(15)14(19)16-10-5-6-11(12(8-10)20-2)17-7-3-4-13(17)18/h5-6,8-9H,3-4,7H2,1-2H3,(H,16,19). The second-order valence-corrected chi connectivity index (χ2v) is 6.01. The van der Waals surface area contributed by atoms with Crippen LogP contribution in [0.5, 0.6) is 5.75 Å². The molecule has 20 heavy (non-hydrogen) atoms. The Balaban J connectivity index is 2.24. The number of carbonyl (C=O) groups is 2. The average Bonchev–Trinajstić information content (AvgIpc) is 2.84. The summed E-state index contributed by atoms with van der Waals surface area (Å²) < 4.78 is 5.33. The zero-order valence-corrected chi connectivity index (χ0v) is 13.1. The molecule has 1 saturated heterocycles. The van der Waals surface area contributed by atoms with Gasteiger partial charge in [-0.05, 0) is 25.5 Å². The van der Waals surface area contributed by atoms with Crippen molar-refractivity contribution >= 4 is 39.1 Å². The smallest absolute Gasteiger partial charge is 0.237 e. The molecule has 5 nitrogen and oxygen atoms in total. The molecule has 0 spiro atoms. The first-order valence-electron chi connectivity index (χ1n) is 6.46. The number of amides is 2. The topological polar surface area (TPSA) is 58.6 Å². The maximum Gasteiger partial charge on any atom is 0.237 e. The van der Waals surface area contributed by atoms with Crippen LogP contribution in [0, 0.1) is 0 Å². The van der Waals surface area contributed by atoms with Gasteiger partial charge < -0.3 is 15.0 Å². The van der Waals surface area contributed by atoms with Crippen molar-refractivity contribution in [3.8, 4) is 5.75 Å². The van der Waals surface area contributed by atoms with E-state index in [4.69, 9.17) is 4.74 Å². The number of halogens is 1. The third kappa shape index (κ3) is 3.12. The number of hydrogen-bond donors (Lipinski definition) is 1. The van der Waals surface area contributed by atoms with Crippen molar-refractivity contribution < 1.29 is 14.3 Å². The van der Waals surface area contributed by atoms with Crippen molar-refractivity contribution in [3.63, 3.8) is 0 Å². The molecule has 1 fully saturated rings. The van der Waals surface area contributed by atoms with Crippen molar-refractivity contribution in [2.75, 3.05) is 23.9 Å². The lowest BCUT2D eigenvalue weighted by atomic mass is 10.2. The van der Waals surface area contributed by atoms with E-state index in [0.717, 1.165) is 12.1 Å². The van der Waals surface area contributed by atoms with E-state index in [1.54, 1.807) is 37.1 Å². The van der Waals surface area contributed by atoms with E-state index in [1.807, 2.05) is 0 Å². The molecule has 0 radical (unpaired) electrons. The van der Waals surface area contributed by atoms with Crippen molar-refractivity contribution in [1.29, 1.82) is 0 Å². The lowest BCUT2D eigenvalue weighted by molar-refractivity contribution is -0.117. The molecule has 108 valence electrons. The second-order valence-electron chi connectivity index (χ2n) is 4.64. The quantitative estimate of drug-likeness (QED) is 0.857. The SMILES string of the molecule is COc1cc(NC(=O)C(C)Br)ccc1N1CCCC1=O. The summed E-state index contributed by atoms with van der Waals surface area (Å²) in [7, 11) is 1.55. The number of ether oxygens (including phenoxy) is 1. The Morgan fingerprint density at radius 3 is 2.80 bits per heavy atom. The monoisotopic (exact) mass is 340 g/mol. The van der Waals surface area contributed by atoms with Gasteiger partial charge >= 0.3 is 0 Å². The van der Waals surface area contributed by atoms with Crippen LogP contribution in [0.1, 0.15) is 19.8 Å². The number of anilines is 2. The first-order valence-corrected chi connectivity index (χ1v) is 7.38. The Morgan fingerprint density at radius 2 is 2.25 bits per heavy atom. The van der Waals surface area contributed by atoms with Crippen molar-refractivity contribution in [2.45, 2.75) is 24.6 Å². The average molecular weight is 341 g/mol. The molecule has 6 heteroatoms. The molecule has 1 aliphatic rings. The molecular formula is C14H17BrN2O3. The normalized spacial score (nSPS) is 16.1. The van der Waals surface area contributed by atoms with Gasteiger partial charge in [0.15, 0.2) is 0 Å². The number of nitrogens with zero attached hydrogens (tertiary/aromatic N) is 1. The lowest BCUT2D eigenvalue weighted by Gasteiger charge is -2.19.